The Morgan fingerprint density at radius 3 is 2.36 bits per heavy atom. The molecule has 1 amide bonds. The lowest BCUT2D eigenvalue weighted by Gasteiger charge is -2.08. The van der Waals surface area contributed by atoms with Crippen molar-refractivity contribution in [2.45, 2.75) is 6.92 Å². The Bertz CT molecular complexity index is 976. The second-order valence-corrected chi connectivity index (χ2v) is 6.12. The Hall–Kier alpha value is -3.45. The summed E-state index contributed by atoms with van der Waals surface area (Å²) in [5.74, 6) is -0.424. The number of hydrogen-bond acceptors (Lipinski definition) is 6. The molecule has 2 N–H and O–H groups in total. The minimum absolute atomic E-state index is 0.297. The summed E-state index contributed by atoms with van der Waals surface area (Å²) < 4.78 is 4.92. The van der Waals surface area contributed by atoms with Crippen molar-refractivity contribution in [2.24, 2.45) is 0 Å². The molecule has 142 valence electrons. The molecule has 0 aliphatic rings. The third kappa shape index (κ3) is 5.05. The van der Waals surface area contributed by atoms with Crippen LogP contribution in [0.2, 0.25) is 5.02 Å². The van der Waals surface area contributed by atoms with Crippen molar-refractivity contribution in [3.05, 3.63) is 77.1 Å². The number of anilines is 3. The first-order chi connectivity index (χ1) is 13.5. The molecule has 0 bridgehead atoms. The molecule has 1 aromatic heterocycles. The summed E-state index contributed by atoms with van der Waals surface area (Å²) in [5.41, 5.74) is 2.00. The van der Waals surface area contributed by atoms with Crippen LogP contribution in [-0.4, -0.2) is 28.5 Å². The number of carbonyl (C=O) groups excluding carboxylic acids is 2. The highest BCUT2D eigenvalue weighted by atomic mass is 35.5. The normalized spacial score (nSPS) is 10.2. The molecule has 1 heterocycles. The number of halogens is 1. The van der Waals surface area contributed by atoms with Gasteiger partial charge < -0.3 is 15.4 Å². The molecule has 0 aliphatic heterocycles. The average Bonchev–Trinajstić information content (AvgIpc) is 2.69. The minimum atomic E-state index is -0.406. The number of hydrogen-bond donors (Lipinski definition) is 2. The predicted molar refractivity (Wildman–Crippen MR) is 107 cm³/mol. The number of nitrogens with zero attached hydrogens (tertiary/aromatic N) is 2. The SMILES string of the molecule is CCOC(=O)c1ccc(NC(=O)c2cnc(Nc3cccc(Cl)c3)nc2)cc1. The van der Waals surface area contributed by atoms with Crippen molar-refractivity contribution < 1.29 is 14.3 Å². The molecule has 0 saturated carbocycles. The Kier molecular flexibility index (Phi) is 6.18. The smallest absolute Gasteiger partial charge is 0.338 e. The quantitative estimate of drug-likeness (QED) is 0.603. The Morgan fingerprint density at radius 2 is 1.71 bits per heavy atom. The maximum Gasteiger partial charge on any atom is 0.338 e. The van der Waals surface area contributed by atoms with Crippen molar-refractivity contribution in [1.29, 1.82) is 0 Å². The number of amides is 1. The van der Waals surface area contributed by atoms with Crippen LogP contribution in [-0.2, 0) is 4.74 Å². The van der Waals surface area contributed by atoms with Gasteiger partial charge in [-0.2, -0.15) is 0 Å². The molecule has 0 spiro atoms. The van der Waals surface area contributed by atoms with Gasteiger partial charge in [-0.1, -0.05) is 17.7 Å². The fourth-order valence-corrected chi connectivity index (χ4v) is 2.50. The standard InChI is InChI=1S/C20H17ClN4O3/c1-2-28-19(27)13-6-8-16(9-7-13)24-18(26)14-11-22-20(23-12-14)25-17-5-3-4-15(21)10-17/h3-12H,2H2,1H3,(H,24,26)(H,22,23,25). The number of aromatic nitrogens is 2. The van der Waals surface area contributed by atoms with Gasteiger partial charge in [0.15, 0.2) is 0 Å². The fourth-order valence-electron chi connectivity index (χ4n) is 2.31. The van der Waals surface area contributed by atoms with E-state index in [-0.39, 0.29) is 5.91 Å². The lowest BCUT2D eigenvalue weighted by molar-refractivity contribution is 0.0526. The molecule has 3 rings (SSSR count). The van der Waals surface area contributed by atoms with Crippen molar-refractivity contribution in [1.82, 2.24) is 9.97 Å². The van der Waals surface area contributed by atoms with Crippen molar-refractivity contribution >= 4 is 40.8 Å². The van der Waals surface area contributed by atoms with Crippen LogP contribution < -0.4 is 10.6 Å². The summed E-state index contributed by atoms with van der Waals surface area (Å²) in [4.78, 5) is 32.2. The first-order valence-electron chi connectivity index (χ1n) is 8.48. The maximum atomic E-state index is 12.3. The van der Waals surface area contributed by atoms with Crippen LogP contribution in [0.1, 0.15) is 27.6 Å². The predicted octanol–water partition coefficient (Wildman–Crippen LogP) is 4.30. The van der Waals surface area contributed by atoms with E-state index < -0.39 is 5.97 Å². The number of rotatable bonds is 6. The molecule has 7 nitrogen and oxygen atoms in total. The number of ether oxygens (including phenoxy) is 1. The molecule has 0 saturated heterocycles. The van der Waals surface area contributed by atoms with E-state index in [9.17, 15) is 9.59 Å². The lowest BCUT2D eigenvalue weighted by Crippen LogP contribution is -2.13. The van der Waals surface area contributed by atoms with Gasteiger partial charge in [0, 0.05) is 28.8 Å². The van der Waals surface area contributed by atoms with Crippen LogP contribution in [0, 0.1) is 0 Å². The molecule has 3 aromatic rings. The minimum Gasteiger partial charge on any atom is -0.462 e. The van der Waals surface area contributed by atoms with Gasteiger partial charge >= 0.3 is 5.97 Å². The van der Waals surface area contributed by atoms with E-state index in [2.05, 4.69) is 20.6 Å². The zero-order valence-electron chi connectivity index (χ0n) is 15.0. The highest BCUT2D eigenvalue weighted by Gasteiger charge is 2.10. The summed E-state index contributed by atoms with van der Waals surface area (Å²) in [6.45, 7) is 2.05. The van der Waals surface area contributed by atoms with Crippen molar-refractivity contribution in [3.8, 4) is 0 Å². The Balaban J connectivity index is 1.62. The average molecular weight is 397 g/mol. The van der Waals surface area contributed by atoms with Crippen LogP contribution in [0.5, 0.6) is 0 Å². The molecule has 0 unspecified atom stereocenters. The zero-order chi connectivity index (χ0) is 19.9. The number of carbonyl (C=O) groups is 2. The van der Waals surface area contributed by atoms with Crippen LogP contribution >= 0.6 is 11.6 Å². The first kappa shape index (κ1) is 19.3. The number of nitrogens with one attached hydrogen (secondary N) is 2. The summed E-state index contributed by atoms with van der Waals surface area (Å²) >= 11 is 5.94. The summed E-state index contributed by atoms with van der Waals surface area (Å²) in [5, 5.41) is 6.32. The van der Waals surface area contributed by atoms with E-state index in [0.717, 1.165) is 5.69 Å². The molecular formula is C20H17ClN4O3. The van der Waals surface area contributed by atoms with Crippen molar-refractivity contribution in [3.63, 3.8) is 0 Å². The maximum absolute atomic E-state index is 12.3. The van der Waals surface area contributed by atoms with Crippen LogP contribution in [0.25, 0.3) is 0 Å². The van der Waals surface area contributed by atoms with E-state index in [1.54, 1.807) is 49.4 Å². The van der Waals surface area contributed by atoms with Gasteiger partial charge in [0.1, 0.15) is 0 Å². The molecular weight excluding hydrogens is 380 g/mol. The fraction of sp³-hybridized carbons (Fsp3) is 0.100. The Labute approximate surface area is 166 Å². The van der Waals surface area contributed by atoms with Crippen LogP contribution in [0.3, 0.4) is 0 Å². The van der Waals surface area contributed by atoms with Crippen LogP contribution in [0.4, 0.5) is 17.3 Å². The van der Waals surface area contributed by atoms with Gasteiger partial charge in [-0.3, -0.25) is 4.79 Å². The summed E-state index contributed by atoms with van der Waals surface area (Å²) in [7, 11) is 0. The molecule has 8 heteroatoms. The van der Waals surface area contributed by atoms with Gasteiger partial charge in [0.05, 0.1) is 17.7 Å². The molecule has 0 radical (unpaired) electrons. The highest BCUT2D eigenvalue weighted by molar-refractivity contribution is 6.30. The Morgan fingerprint density at radius 1 is 1.00 bits per heavy atom. The monoisotopic (exact) mass is 396 g/mol. The van der Waals surface area contributed by atoms with Gasteiger partial charge in [0.25, 0.3) is 5.91 Å². The van der Waals surface area contributed by atoms with E-state index in [1.165, 1.54) is 12.4 Å². The van der Waals surface area contributed by atoms with Gasteiger partial charge in [-0.05, 0) is 49.4 Å². The number of esters is 1. The molecule has 2 aromatic carbocycles. The molecule has 0 aliphatic carbocycles. The van der Waals surface area contributed by atoms with E-state index >= 15 is 0 Å². The second-order valence-electron chi connectivity index (χ2n) is 5.68. The largest absolute Gasteiger partial charge is 0.462 e. The third-order valence-corrected chi connectivity index (χ3v) is 3.88. The lowest BCUT2D eigenvalue weighted by atomic mass is 10.2. The summed E-state index contributed by atoms with van der Waals surface area (Å²) in [6, 6.07) is 13.6. The van der Waals surface area contributed by atoms with Gasteiger partial charge in [0.2, 0.25) is 5.95 Å². The zero-order valence-corrected chi connectivity index (χ0v) is 15.7. The van der Waals surface area contributed by atoms with E-state index in [1.807, 2.05) is 6.07 Å². The third-order valence-electron chi connectivity index (χ3n) is 3.65. The molecule has 0 atom stereocenters. The molecule has 0 fully saturated rings. The first-order valence-corrected chi connectivity index (χ1v) is 8.86. The van der Waals surface area contributed by atoms with Gasteiger partial charge in [-0.15, -0.1) is 0 Å². The number of benzene rings is 2. The summed E-state index contributed by atoms with van der Waals surface area (Å²) in [6.07, 6.45) is 2.84. The topological polar surface area (TPSA) is 93.2 Å². The van der Waals surface area contributed by atoms with E-state index in [0.29, 0.717) is 34.4 Å². The molecule has 28 heavy (non-hydrogen) atoms. The van der Waals surface area contributed by atoms with Crippen molar-refractivity contribution in [2.75, 3.05) is 17.2 Å². The highest BCUT2D eigenvalue weighted by Crippen LogP contribution is 2.18. The van der Waals surface area contributed by atoms with E-state index in [4.69, 9.17) is 16.3 Å². The second kappa shape index (κ2) is 8.96. The van der Waals surface area contributed by atoms with Crippen LogP contribution in [0.15, 0.2) is 60.9 Å². The van der Waals surface area contributed by atoms with Gasteiger partial charge in [-0.25, -0.2) is 14.8 Å².